The highest BCUT2D eigenvalue weighted by atomic mass is 19.4. The van der Waals surface area contributed by atoms with Crippen molar-refractivity contribution >= 4 is 16.8 Å². The van der Waals surface area contributed by atoms with Gasteiger partial charge in [-0.1, -0.05) is 24.3 Å². The van der Waals surface area contributed by atoms with Gasteiger partial charge in [-0.2, -0.15) is 13.2 Å². The molecule has 1 aliphatic rings. The lowest BCUT2D eigenvalue weighted by molar-refractivity contribution is -0.137. The van der Waals surface area contributed by atoms with E-state index in [0.29, 0.717) is 37.1 Å². The zero-order valence-corrected chi connectivity index (χ0v) is 17.9. The number of para-hydroxylation sites is 1. The smallest absolute Gasteiger partial charge is 0.379 e. The maximum Gasteiger partial charge on any atom is 0.416 e. The first kappa shape index (κ1) is 23.0. The number of hydrogen-bond acceptors (Lipinski definition) is 4. The van der Waals surface area contributed by atoms with Crippen molar-refractivity contribution in [2.75, 3.05) is 39.4 Å². The molecule has 3 aromatic rings. The van der Waals surface area contributed by atoms with Crippen molar-refractivity contribution < 1.29 is 22.7 Å². The summed E-state index contributed by atoms with van der Waals surface area (Å²) in [6.07, 6.45) is -3.84. The quantitative estimate of drug-likeness (QED) is 0.574. The lowest BCUT2D eigenvalue weighted by Gasteiger charge is -2.26. The predicted molar refractivity (Wildman–Crippen MR) is 119 cm³/mol. The van der Waals surface area contributed by atoms with Crippen molar-refractivity contribution in [1.29, 1.82) is 0 Å². The maximum absolute atomic E-state index is 13.3. The SMILES string of the molecule is O=C(NCCCN1CCOCC1)c1cc2ccccc2n(-c2cccc(C(F)(F)F)c2)c1=O. The summed E-state index contributed by atoms with van der Waals surface area (Å²) in [5.41, 5.74) is -1.18. The minimum Gasteiger partial charge on any atom is -0.379 e. The third-order valence-corrected chi connectivity index (χ3v) is 5.63. The van der Waals surface area contributed by atoms with Crippen molar-refractivity contribution in [2.24, 2.45) is 0 Å². The van der Waals surface area contributed by atoms with E-state index in [2.05, 4.69) is 10.2 Å². The molecule has 6 nitrogen and oxygen atoms in total. The highest BCUT2D eigenvalue weighted by Gasteiger charge is 2.31. The number of fused-ring (bicyclic) bond motifs is 1. The van der Waals surface area contributed by atoms with E-state index < -0.39 is 23.2 Å². The Morgan fingerprint density at radius 2 is 1.79 bits per heavy atom. The van der Waals surface area contributed by atoms with Gasteiger partial charge >= 0.3 is 6.18 Å². The van der Waals surface area contributed by atoms with Crippen molar-refractivity contribution in [3.8, 4) is 5.69 Å². The van der Waals surface area contributed by atoms with E-state index in [1.165, 1.54) is 18.2 Å². The van der Waals surface area contributed by atoms with E-state index in [1.54, 1.807) is 24.3 Å². The Bertz CT molecular complexity index is 1200. The third kappa shape index (κ3) is 5.26. The molecule has 9 heteroatoms. The zero-order valence-electron chi connectivity index (χ0n) is 17.9. The molecule has 1 aliphatic heterocycles. The van der Waals surface area contributed by atoms with Crippen LogP contribution in [0.5, 0.6) is 0 Å². The van der Waals surface area contributed by atoms with Gasteiger partial charge in [-0.05, 0) is 48.7 Å². The van der Waals surface area contributed by atoms with Gasteiger partial charge in [0.25, 0.3) is 11.5 Å². The Kier molecular flexibility index (Phi) is 6.80. The number of benzene rings is 2. The highest BCUT2D eigenvalue weighted by molar-refractivity contribution is 5.97. The largest absolute Gasteiger partial charge is 0.416 e. The normalized spacial score (nSPS) is 15.0. The Balaban J connectivity index is 1.61. The Hall–Kier alpha value is -3.17. The van der Waals surface area contributed by atoms with Crippen molar-refractivity contribution in [2.45, 2.75) is 12.6 Å². The third-order valence-electron chi connectivity index (χ3n) is 5.63. The molecule has 0 radical (unpaired) electrons. The average Bonchev–Trinajstić information content (AvgIpc) is 2.81. The molecule has 0 atom stereocenters. The second-order valence-electron chi connectivity index (χ2n) is 7.87. The molecule has 1 N–H and O–H groups in total. The van der Waals surface area contributed by atoms with Crippen LogP contribution in [0.15, 0.2) is 59.4 Å². The summed E-state index contributed by atoms with van der Waals surface area (Å²) >= 11 is 0. The van der Waals surface area contributed by atoms with Gasteiger partial charge in [-0.3, -0.25) is 19.1 Å². The van der Waals surface area contributed by atoms with Crippen LogP contribution in [0.3, 0.4) is 0 Å². The molecule has 1 saturated heterocycles. The molecular formula is C24H24F3N3O3. The summed E-state index contributed by atoms with van der Waals surface area (Å²) in [6, 6.07) is 12.8. The number of ether oxygens (including phenoxy) is 1. The fourth-order valence-corrected chi connectivity index (χ4v) is 3.93. The first-order valence-corrected chi connectivity index (χ1v) is 10.8. The minimum atomic E-state index is -4.55. The van der Waals surface area contributed by atoms with Gasteiger partial charge in [-0.25, -0.2) is 0 Å². The lowest BCUT2D eigenvalue weighted by Crippen LogP contribution is -2.38. The summed E-state index contributed by atoms with van der Waals surface area (Å²) in [7, 11) is 0. The number of hydrogen-bond donors (Lipinski definition) is 1. The van der Waals surface area contributed by atoms with Gasteiger partial charge in [0.1, 0.15) is 5.56 Å². The minimum absolute atomic E-state index is 0.0491. The maximum atomic E-state index is 13.3. The Morgan fingerprint density at radius 3 is 2.55 bits per heavy atom. The molecule has 0 aliphatic carbocycles. The molecule has 0 spiro atoms. The van der Waals surface area contributed by atoms with Crippen LogP contribution < -0.4 is 10.9 Å². The number of morpholine rings is 1. The van der Waals surface area contributed by atoms with Crippen molar-refractivity contribution in [3.05, 3.63) is 76.1 Å². The van der Waals surface area contributed by atoms with Gasteiger partial charge < -0.3 is 10.1 Å². The van der Waals surface area contributed by atoms with Crippen LogP contribution in [-0.2, 0) is 10.9 Å². The monoisotopic (exact) mass is 459 g/mol. The van der Waals surface area contributed by atoms with Crippen LogP contribution in [0.25, 0.3) is 16.6 Å². The number of nitrogens with one attached hydrogen (secondary N) is 1. The van der Waals surface area contributed by atoms with E-state index in [9.17, 15) is 22.8 Å². The summed E-state index contributed by atoms with van der Waals surface area (Å²) in [5.74, 6) is -0.548. The summed E-state index contributed by atoms with van der Waals surface area (Å²) in [6.45, 7) is 4.26. The van der Waals surface area contributed by atoms with Crippen molar-refractivity contribution in [3.63, 3.8) is 0 Å². The molecule has 1 aromatic heterocycles. The highest BCUT2D eigenvalue weighted by Crippen LogP contribution is 2.30. The number of alkyl halides is 3. The number of pyridine rings is 1. The second kappa shape index (κ2) is 9.76. The van der Waals surface area contributed by atoms with Gasteiger partial charge in [0, 0.05) is 25.3 Å². The molecule has 0 saturated carbocycles. The molecule has 33 heavy (non-hydrogen) atoms. The number of halogens is 3. The van der Waals surface area contributed by atoms with E-state index in [0.717, 1.165) is 36.3 Å². The van der Waals surface area contributed by atoms with Crippen LogP contribution >= 0.6 is 0 Å². The molecule has 2 aromatic carbocycles. The van der Waals surface area contributed by atoms with Gasteiger partial charge in [0.15, 0.2) is 0 Å². The second-order valence-corrected chi connectivity index (χ2v) is 7.87. The van der Waals surface area contributed by atoms with E-state index >= 15 is 0 Å². The van der Waals surface area contributed by atoms with Crippen LogP contribution in [0, 0.1) is 0 Å². The standard InChI is InChI=1S/C24H24F3N3O3/c25-24(26,27)18-6-3-7-19(16-18)30-21-8-2-1-5-17(21)15-20(23(30)32)22(31)28-9-4-10-29-11-13-33-14-12-29/h1-3,5-8,15-16H,4,9-14H2,(H,28,31). The lowest BCUT2D eigenvalue weighted by atomic mass is 10.1. The Labute approximate surface area is 188 Å². The molecular weight excluding hydrogens is 435 g/mol. The molecule has 174 valence electrons. The van der Waals surface area contributed by atoms with Gasteiger partial charge in [-0.15, -0.1) is 0 Å². The fraction of sp³-hybridized carbons (Fsp3) is 0.333. The number of amides is 1. The van der Waals surface area contributed by atoms with Crippen LogP contribution in [-0.4, -0.2) is 54.8 Å². The van der Waals surface area contributed by atoms with Crippen LogP contribution in [0.2, 0.25) is 0 Å². The Morgan fingerprint density at radius 1 is 1.03 bits per heavy atom. The molecule has 4 rings (SSSR count). The summed E-state index contributed by atoms with van der Waals surface area (Å²) < 4.78 is 46.2. The topological polar surface area (TPSA) is 63.6 Å². The van der Waals surface area contributed by atoms with E-state index in [4.69, 9.17) is 4.74 Å². The number of aromatic nitrogens is 1. The summed E-state index contributed by atoms with van der Waals surface area (Å²) in [4.78, 5) is 28.3. The van der Waals surface area contributed by atoms with Crippen LogP contribution in [0.4, 0.5) is 13.2 Å². The fourth-order valence-electron chi connectivity index (χ4n) is 3.93. The molecule has 0 bridgehead atoms. The molecule has 2 heterocycles. The first-order chi connectivity index (χ1) is 15.8. The molecule has 1 fully saturated rings. The average molecular weight is 459 g/mol. The number of nitrogens with zero attached hydrogens (tertiary/aromatic N) is 2. The number of rotatable bonds is 6. The van der Waals surface area contributed by atoms with Gasteiger partial charge in [0.2, 0.25) is 0 Å². The predicted octanol–water partition coefficient (Wildman–Crippen LogP) is 3.46. The van der Waals surface area contributed by atoms with Crippen LogP contribution in [0.1, 0.15) is 22.3 Å². The summed E-state index contributed by atoms with van der Waals surface area (Å²) in [5, 5.41) is 3.35. The van der Waals surface area contributed by atoms with Gasteiger partial charge in [0.05, 0.1) is 24.3 Å². The van der Waals surface area contributed by atoms with Crippen molar-refractivity contribution in [1.82, 2.24) is 14.8 Å². The molecule has 1 amide bonds. The number of carbonyl (C=O) groups excluding carboxylic acids is 1. The van der Waals surface area contributed by atoms with E-state index in [1.807, 2.05) is 0 Å². The zero-order chi connectivity index (χ0) is 23.4. The first-order valence-electron chi connectivity index (χ1n) is 10.8. The van der Waals surface area contributed by atoms with E-state index in [-0.39, 0.29) is 11.3 Å². The molecule has 0 unspecified atom stereocenters. The number of carbonyl (C=O) groups is 1.